The van der Waals surface area contributed by atoms with Gasteiger partial charge in [0.15, 0.2) is 5.82 Å². The minimum atomic E-state index is -0.182. The van der Waals surface area contributed by atoms with Crippen LogP contribution in [-0.4, -0.2) is 51.0 Å². The number of aromatic nitrogens is 3. The van der Waals surface area contributed by atoms with Gasteiger partial charge in [0.1, 0.15) is 6.33 Å². The van der Waals surface area contributed by atoms with E-state index in [2.05, 4.69) is 36.3 Å². The fraction of sp³-hybridized carbons (Fsp3) is 0.812. The molecule has 2 fully saturated rings. The number of rotatable bonds is 3. The number of aryl methyl sites for hydroxylation is 1. The predicted octanol–water partition coefficient (Wildman–Crippen LogP) is 1.87. The molecule has 3 unspecified atom stereocenters. The van der Waals surface area contributed by atoms with Crippen molar-refractivity contribution in [1.29, 1.82) is 0 Å². The first-order valence-electron chi connectivity index (χ1n) is 8.26. The first-order chi connectivity index (χ1) is 10.8. The zero-order valence-electron chi connectivity index (χ0n) is 14.7. The van der Waals surface area contributed by atoms with E-state index in [9.17, 15) is 4.79 Å². The molecule has 1 saturated carbocycles. The smallest absolute Gasteiger partial charge is 0.318 e. The number of hydrogen-bond donors (Lipinski definition) is 1. The Hall–Kier alpha value is -1.63. The van der Waals surface area contributed by atoms with Crippen LogP contribution in [0.1, 0.15) is 51.9 Å². The number of amides is 2. The SMILES string of the molecule is COC1(C)CC(NC(=O)N2CCCC2c2nncn2C)C1(C)C. The van der Waals surface area contributed by atoms with E-state index in [0.29, 0.717) is 0 Å². The molecule has 1 aromatic rings. The van der Waals surface area contributed by atoms with Crippen LogP contribution in [0.4, 0.5) is 4.79 Å². The summed E-state index contributed by atoms with van der Waals surface area (Å²) in [6.45, 7) is 7.16. The van der Waals surface area contributed by atoms with Crippen LogP contribution in [0.3, 0.4) is 0 Å². The minimum Gasteiger partial charge on any atom is -0.378 e. The van der Waals surface area contributed by atoms with Crippen molar-refractivity contribution in [3.8, 4) is 0 Å². The number of methoxy groups -OCH3 is 1. The Kier molecular flexibility index (Phi) is 3.86. The van der Waals surface area contributed by atoms with Gasteiger partial charge in [0.25, 0.3) is 0 Å². The van der Waals surface area contributed by atoms with E-state index in [4.69, 9.17) is 4.74 Å². The third-order valence-corrected chi connectivity index (χ3v) is 6.13. The summed E-state index contributed by atoms with van der Waals surface area (Å²) in [4.78, 5) is 14.7. The molecule has 0 spiro atoms. The Balaban J connectivity index is 1.68. The van der Waals surface area contributed by atoms with Crippen LogP contribution in [-0.2, 0) is 11.8 Å². The van der Waals surface area contributed by atoms with E-state index in [1.807, 2.05) is 16.5 Å². The number of nitrogens with zero attached hydrogens (tertiary/aromatic N) is 4. The maximum absolute atomic E-state index is 12.8. The fourth-order valence-electron chi connectivity index (χ4n) is 3.83. The van der Waals surface area contributed by atoms with Crippen LogP contribution in [0.5, 0.6) is 0 Å². The van der Waals surface area contributed by atoms with Crippen LogP contribution < -0.4 is 5.32 Å². The van der Waals surface area contributed by atoms with Gasteiger partial charge in [-0.3, -0.25) is 0 Å². The molecule has 0 bridgehead atoms. The molecule has 1 saturated heterocycles. The lowest BCUT2D eigenvalue weighted by molar-refractivity contribution is -0.177. The zero-order chi connectivity index (χ0) is 16.8. The molecule has 7 nitrogen and oxygen atoms in total. The standard InChI is InChI=1S/C16H27N5O2/c1-15(2)12(9-16(15,3)23-5)18-14(22)21-8-6-7-11(21)13-19-17-10-20(13)4/h10-12H,6-9H2,1-5H3,(H,18,22). The molecule has 1 aliphatic carbocycles. The molecule has 2 amide bonds. The average Bonchev–Trinajstić information content (AvgIpc) is 3.14. The largest absolute Gasteiger partial charge is 0.378 e. The summed E-state index contributed by atoms with van der Waals surface area (Å²) in [5.41, 5.74) is -0.267. The van der Waals surface area contributed by atoms with E-state index in [1.54, 1.807) is 13.4 Å². The van der Waals surface area contributed by atoms with Crippen molar-refractivity contribution in [2.45, 2.75) is 57.7 Å². The van der Waals surface area contributed by atoms with Crippen molar-refractivity contribution in [3.63, 3.8) is 0 Å². The van der Waals surface area contributed by atoms with Crippen molar-refractivity contribution < 1.29 is 9.53 Å². The summed E-state index contributed by atoms with van der Waals surface area (Å²) in [6.07, 6.45) is 4.45. The van der Waals surface area contributed by atoms with Gasteiger partial charge in [-0.15, -0.1) is 10.2 Å². The molecule has 128 valence electrons. The van der Waals surface area contributed by atoms with Crippen molar-refractivity contribution in [2.75, 3.05) is 13.7 Å². The maximum atomic E-state index is 12.8. The van der Waals surface area contributed by atoms with E-state index < -0.39 is 0 Å². The molecule has 1 N–H and O–H groups in total. The van der Waals surface area contributed by atoms with Crippen molar-refractivity contribution in [2.24, 2.45) is 12.5 Å². The molecule has 0 radical (unpaired) electrons. The Morgan fingerprint density at radius 2 is 2.17 bits per heavy atom. The molecule has 7 heteroatoms. The molecule has 2 aliphatic rings. The topological polar surface area (TPSA) is 72.3 Å². The fourth-order valence-corrected chi connectivity index (χ4v) is 3.83. The predicted molar refractivity (Wildman–Crippen MR) is 85.8 cm³/mol. The van der Waals surface area contributed by atoms with Gasteiger partial charge >= 0.3 is 6.03 Å². The Bertz CT molecular complexity index is 599. The highest BCUT2D eigenvalue weighted by atomic mass is 16.5. The van der Waals surface area contributed by atoms with Crippen LogP contribution in [0.2, 0.25) is 0 Å². The number of carbonyl (C=O) groups is 1. The van der Waals surface area contributed by atoms with Gasteiger partial charge in [0, 0.05) is 32.2 Å². The van der Waals surface area contributed by atoms with Gasteiger partial charge in [0.2, 0.25) is 0 Å². The second-order valence-electron chi connectivity index (χ2n) is 7.51. The Morgan fingerprint density at radius 3 is 2.74 bits per heavy atom. The summed E-state index contributed by atoms with van der Waals surface area (Å²) >= 11 is 0. The van der Waals surface area contributed by atoms with E-state index in [1.165, 1.54) is 0 Å². The third-order valence-electron chi connectivity index (χ3n) is 6.13. The summed E-state index contributed by atoms with van der Waals surface area (Å²) in [7, 11) is 3.66. The van der Waals surface area contributed by atoms with E-state index in [0.717, 1.165) is 31.6 Å². The summed E-state index contributed by atoms with van der Waals surface area (Å²) in [5, 5.41) is 11.3. The molecular weight excluding hydrogens is 294 g/mol. The quantitative estimate of drug-likeness (QED) is 0.922. The third kappa shape index (κ3) is 2.41. The molecule has 0 aromatic carbocycles. The van der Waals surface area contributed by atoms with Gasteiger partial charge in [-0.05, 0) is 26.2 Å². The lowest BCUT2D eigenvalue weighted by Crippen LogP contribution is -2.69. The second kappa shape index (κ2) is 5.47. The highest BCUT2D eigenvalue weighted by Crippen LogP contribution is 2.51. The van der Waals surface area contributed by atoms with Crippen LogP contribution in [0.25, 0.3) is 0 Å². The molecular formula is C16H27N5O2. The van der Waals surface area contributed by atoms with Crippen molar-refractivity contribution in [1.82, 2.24) is 25.0 Å². The van der Waals surface area contributed by atoms with Crippen LogP contribution in [0.15, 0.2) is 6.33 Å². The number of ether oxygens (including phenoxy) is 1. The monoisotopic (exact) mass is 321 g/mol. The number of likely N-dealkylation sites (tertiary alicyclic amines) is 1. The number of nitrogens with one attached hydrogen (secondary N) is 1. The van der Waals surface area contributed by atoms with Gasteiger partial charge < -0.3 is 19.5 Å². The number of carbonyl (C=O) groups excluding carboxylic acids is 1. The van der Waals surface area contributed by atoms with Gasteiger partial charge in [-0.1, -0.05) is 13.8 Å². The van der Waals surface area contributed by atoms with Crippen molar-refractivity contribution in [3.05, 3.63) is 12.2 Å². The number of hydrogen-bond acceptors (Lipinski definition) is 4. The summed E-state index contributed by atoms with van der Waals surface area (Å²) < 4.78 is 7.53. The molecule has 1 aliphatic heterocycles. The number of urea groups is 1. The first kappa shape index (κ1) is 16.2. The lowest BCUT2D eigenvalue weighted by Gasteiger charge is -2.59. The van der Waals surface area contributed by atoms with Gasteiger partial charge in [0.05, 0.1) is 11.6 Å². The minimum absolute atomic E-state index is 0.00766. The van der Waals surface area contributed by atoms with E-state index >= 15 is 0 Å². The first-order valence-corrected chi connectivity index (χ1v) is 8.26. The van der Waals surface area contributed by atoms with Crippen LogP contribution in [0, 0.1) is 5.41 Å². The molecule has 23 heavy (non-hydrogen) atoms. The van der Waals surface area contributed by atoms with Gasteiger partial charge in [-0.2, -0.15) is 0 Å². The second-order valence-corrected chi connectivity index (χ2v) is 7.51. The normalized spacial score (nSPS) is 32.7. The highest BCUT2D eigenvalue weighted by molar-refractivity contribution is 5.75. The average molecular weight is 321 g/mol. The zero-order valence-corrected chi connectivity index (χ0v) is 14.7. The van der Waals surface area contributed by atoms with Gasteiger partial charge in [-0.25, -0.2) is 4.79 Å². The molecule has 3 atom stereocenters. The van der Waals surface area contributed by atoms with E-state index in [-0.39, 0.29) is 29.1 Å². The van der Waals surface area contributed by atoms with Crippen molar-refractivity contribution >= 4 is 6.03 Å². The van der Waals surface area contributed by atoms with Crippen LogP contribution >= 0.6 is 0 Å². The molecule has 3 rings (SSSR count). The lowest BCUT2D eigenvalue weighted by atomic mass is 9.56. The Labute approximate surface area is 137 Å². The summed E-state index contributed by atoms with van der Waals surface area (Å²) in [6, 6.07) is 0.131. The highest BCUT2D eigenvalue weighted by Gasteiger charge is 2.58. The maximum Gasteiger partial charge on any atom is 0.318 e. The summed E-state index contributed by atoms with van der Waals surface area (Å²) in [5.74, 6) is 0.854. The molecule has 1 aromatic heterocycles. The molecule has 2 heterocycles. The Morgan fingerprint density at radius 1 is 1.43 bits per heavy atom.